The van der Waals surface area contributed by atoms with Crippen molar-refractivity contribution in [1.82, 2.24) is 0 Å². The average Bonchev–Trinajstić information content (AvgIpc) is 2.28. The lowest BCUT2D eigenvalue weighted by Gasteiger charge is -2.14. The Balaban J connectivity index is 2.81. The molecule has 4 heteroatoms. The highest BCUT2D eigenvalue weighted by molar-refractivity contribution is 5.70. The van der Waals surface area contributed by atoms with E-state index in [1.807, 2.05) is 19.1 Å². The van der Waals surface area contributed by atoms with Crippen LogP contribution >= 0.6 is 0 Å². The van der Waals surface area contributed by atoms with Crippen LogP contribution in [0.5, 0.6) is 5.75 Å². The Kier molecular flexibility index (Phi) is 4.97. The van der Waals surface area contributed by atoms with E-state index in [2.05, 4.69) is 0 Å². The van der Waals surface area contributed by atoms with Crippen LogP contribution in [0.2, 0.25) is 0 Å². The molecule has 1 aromatic rings. The molecule has 1 unspecified atom stereocenters. The highest BCUT2D eigenvalue weighted by Gasteiger charge is 2.17. The molecule has 0 saturated carbocycles. The summed E-state index contributed by atoms with van der Waals surface area (Å²) in [7, 11) is 1.54. The fourth-order valence-electron chi connectivity index (χ4n) is 1.58. The molecule has 0 fully saturated rings. The molecule has 0 aliphatic rings. The van der Waals surface area contributed by atoms with E-state index in [4.69, 9.17) is 9.47 Å². The number of methoxy groups -OCH3 is 1. The summed E-state index contributed by atoms with van der Waals surface area (Å²) in [5.74, 6) is 0.171. The molecule has 0 radical (unpaired) electrons. The number of aliphatic hydroxyl groups is 1. The molecule has 1 atom stereocenters. The number of aliphatic hydroxyl groups excluding tert-OH is 1. The van der Waals surface area contributed by atoms with Gasteiger partial charge in [-0.2, -0.15) is 0 Å². The molecule has 94 valence electrons. The van der Waals surface area contributed by atoms with Crippen molar-refractivity contribution < 1.29 is 19.4 Å². The zero-order valence-corrected chi connectivity index (χ0v) is 10.4. The van der Waals surface area contributed by atoms with Gasteiger partial charge in [0, 0.05) is 5.56 Å². The first-order chi connectivity index (χ1) is 8.08. The third kappa shape index (κ3) is 3.75. The summed E-state index contributed by atoms with van der Waals surface area (Å²) in [5, 5.41) is 9.94. The van der Waals surface area contributed by atoms with Crippen LogP contribution in [0.25, 0.3) is 0 Å². The van der Waals surface area contributed by atoms with Crippen molar-refractivity contribution >= 4 is 5.97 Å². The van der Waals surface area contributed by atoms with Gasteiger partial charge in [0.25, 0.3) is 0 Å². The first-order valence-corrected chi connectivity index (χ1v) is 5.56. The van der Waals surface area contributed by atoms with E-state index in [9.17, 15) is 9.90 Å². The summed E-state index contributed by atoms with van der Waals surface area (Å²) < 4.78 is 9.97. The van der Waals surface area contributed by atoms with E-state index in [-0.39, 0.29) is 6.42 Å². The summed E-state index contributed by atoms with van der Waals surface area (Å²) in [4.78, 5) is 11.3. The lowest BCUT2D eigenvalue weighted by atomic mass is 10.0. The maximum absolute atomic E-state index is 11.3. The highest BCUT2D eigenvalue weighted by Crippen LogP contribution is 2.28. The molecule has 0 aliphatic carbocycles. The van der Waals surface area contributed by atoms with Gasteiger partial charge in [-0.15, -0.1) is 0 Å². The van der Waals surface area contributed by atoms with Crippen molar-refractivity contribution in [3.8, 4) is 5.75 Å². The minimum atomic E-state index is -0.899. The molecule has 1 rings (SSSR count). The van der Waals surface area contributed by atoms with Crippen molar-refractivity contribution in [3.05, 3.63) is 29.3 Å². The van der Waals surface area contributed by atoms with Crippen molar-refractivity contribution in [2.45, 2.75) is 26.4 Å². The number of carbonyl (C=O) groups excluding carboxylic acids is 1. The third-order valence-electron chi connectivity index (χ3n) is 2.41. The Morgan fingerprint density at radius 2 is 2.18 bits per heavy atom. The van der Waals surface area contributed by atoms with Gasteiger partial charge >= 0.3 is 5.97 Å². The van der Waals surface area contributed by atoms with Gasteiger partial charge in [-0.3, -0.25) is 4.79 Å². The Labute approximate surface area is 101 Å². The van der Waals surface area contributed by atoms with Gasteiger partial charge in [0.1, 0.15) is 5.75 Å². The topological polar surface area (TPSA) is 55.8 Å². The fraction of sp³-hybridized carbons (Fsp3) is 0.462. The van der Waals surface area contributed by atoms with Crippen LogP contribution in [-0.2, 0) is 9.53 Å². The first kappa shape index (κ1) is 13.5. The SMILES string of the molecule is CCOC(=O)CC(O)c1ccc(C)cc1OC. The zero-order valence-electron chi connectivity index (χ0n) is 10.4. The van der Waals surface area contributed by atoms with Gasteiger partial charge in [0.2, 0.25) is 0 Å². The van der Waals surface area contributed by atoms with Gasteiger partial charge in [-0.05, 0) is 25.5 Å². The fourth-order valence-corrected chi connectivity index (χ4v) is 1.58. The molecule has 4 nitrogen and oxygen atoms in total. The van der Waals surface area contributed by atoms with E-state index in [0.29, 0.717) is 17.9 Å². The zero-order chi connectivity index (χ0) is 12.8. The van der Waals surface area contributed by atoms with Gasteiger partial charge in [-0.1, -0.05) is 12.1 Å². The van der Waals surface area contributed by atoms with Crippen LogP contribution in [0, 0.1) is 6.92 Å². The normalized spacial score (nSPS) is 12.0. The molecule has 0 heterocycles. The van der Waals surface area contributed by atoms with Crippen LogP contribution in [0.1, 0.15) is 30.6 Å². The predicted octanol–water partition coefficient (Wildman–Crippen LogP) is 1.99. The highest BCUT2D eigenvalue weighted by atomic mass is 16.5. The van der Waals surface area contributed by atoms with Gasteiger partial charge in [0.15, 0.2) is 0 Å². The molecule has 1 N–H and O–H groups in total. The average molecular weight is 238 g/mol. The van der Waals surface area contributed by atoms with E-state index in [1.54, 1.807) is 13.0 Å². The number of aryl methyl sites for hydroxylation is 1. The quantitative estimate of drug-likeness (QED) is 0.797. The second-order valence-corrected chi connectivity index (χ2v) is 3.77. The number of esters is 1. The maximum Gasteiger partial charge on any atom is 0.308 e. The van der Waals surface area contributed by atoms with Gasteiger partial charge in [0.05, 0.1) is 26.2 Å². The number of carbonyl (C=O) groups is 1. The largest absolute Gasteiger partial charge is 0.496 e. The summed E-state index contributed by atoms with van der Waals surface area (Å²) >= 11 is 0. The van der Waals surface area contributed by atoms with Gasteiger partial charge < -0.3 is 14.6 Å². The maximum atomic E-state index is 11.3. The van der Waals surface area contributed by atoms with Crippen LogP contribution in [0.15, 0.2) is 18.2 Å². The number of ether oxygens (including phenoxy) is 2. The second kappa shape index (κ2) is 6.25. The number of hydrogen-bond acceptors (Lipinski definition) is 4. The van der Waals surface area contributed by atoms with Crippen molar-refractivity contribution in [2.24, 2.45) is 0 Å². The predicted molar refractivity (Wildman–Crippen MR) is 63.9 cm³/mol. The van der Waals surface area contributed by atoms with Crippen LogP contribution in [-0.4, -0.2) is 24.8 Å². The smallest absolute Gasteiger partial charge is 0.308 e. The third-order valence-corrected chi connectivity index (χ3v) is 2.41. The Morgan fingerprint density at radius 3 is 2.76 bits per heavy atom. The monoisotopic (exact) mass is 238 g/mol. The molecule has 0 spiro atoms. The minimum Gasteiger partial charge on any atom is -0.496 e. The van der Waals surface area contributed by atoms with Crippen molar-refractivity contribution in [2.75, 3.05) is 13.7 Å². The summed E-state index contributed by atoms with van der Waals surface area (Å²) in [5.41, 5.74) is 1.64. The number of hydrogen-bond donors (Lipinski definition) is 1. The molecule has 0 saturated heterocycles. The molecule has 0 aliphatic heterocycles. The summed E-state index contributed by atoms with van der Waals surface area (Å²) in [6.07, 6.45) is -0.961. The van der Waals surface area contributed by atoms with Crippen molar-refractivity contribution in [1.29, 1.82) is 0 Å². The van der Waals surface area contributed by atoms with Gasteiger partial charge in [-0.25, -0.2) is 0 Å². The Bertz CT molecular complexity index is 387. The first-order valence-electron chi connectivity index (χ1n) is 5.56. The van der Waals surface area contributed by atoms with E-state index in [0.717, 1.165) is 5.56 Å². The number of rotatable bonds is 5. The minimum absolute atomic E-state index is 0.0622. The molecule has 0 amide bonds. The molecule has 17 heavy (non-hydrogen) atoms. The molecule has 0 bridgehead atoms. The van der Waals surface area contributed by atoms with E-state index < -0.39 is 12.1 Å². The lowest BCUT2D eigenvalue weighted by Crippen LogP contribution is -2.11. The lowest BCUT2D eigenvalue weighted by molar-refractivity contribution is -0.145. The van der Waals surface area contributed by atoms with Crippen LogP contribution < -0.4 is 4.74 Å². The van der Waals surface area contributed by atoms with Crippen LogP contribution in [0.4, 0.5) is 0 Å². The second-order valence-electron chi connectivity index (χ2n) is 3.77. The van der Waals surface area contributed by atoms with E-state index >= 15 is 0 Å². The standard InChI is InChI=1S/C13H18O4/c1-4-17-13(15)8-11(14)10-6-5-9(2)7-12(10)16-3/h5-7,11,14H,4,8H2,1-3H3. The molecular weight excluding hydrogens is 220 g/mol. The molecule has 1 aromatic carbocycles. The Morgan fingerprint density at radius 1 is 1.47 bits per heavy atom. The molecule has 0 aromatic heterocycles. The van der Waals surface area contributed by atoms with Crippen molar-refractivity contribution in [3.63, 3.8) is 0 Å². The van der Waals surface area contributed by atoms with E-state index in [1.165, 1.54) is 7.11 Å². The van der Waals surface area contributed by atoms with Crippen LogP contribution in [0.3, 0.4) is 0 Å². The summed E-state index contributed by atoms with van der Waals surface area (Å²) in [6.45, 7) is 3.98. The Hall–Kier alpha value is -1.55. The number of benzene rings is 1. The summed E-state index contributed by atoms with van der Waals surface area (Å²) in [6, 6.07) is 5.45. The molecular formula is C13H18O4.